The van der Waals surface area contributed by atoms with Gasteiger partial charge in [0.1, 0.15) is 0 Å². The number of carboxylic acids is 1. The zero-order chi connectivity index (χ0) is 13.6. The molecule has 0 aliphatic heterocycles. The third-order valence-corrected chi connectivity index (χ3v) is 2.89. The van der Waals surface area contributed by atoms with Gasteiger partial charge in [-0.2, -0.15) is 0 Å². The largest absolute Gasteiger partial charge is 0.481 e. The second-order valence-electron chi connectivity index (χ2n) is 5.17. The van der Waals surface area contributed by atoms with Crippen LogP contribution in [0.5, 0.6) is 0 Å². The van der Waals surface area contributed by atoms with Gasteiger partial charge in [0, 0.05) is 26.2 Å². The molecule has 0 radical (unpaired) electrons. The first-order valence-corrected chi connectivity index (χ1v) is 6.15. The Morgan fingerprint density at radius 1 is 1.33 bits per heavy atom. The molecule has 4 heteroatoms. The van der Waals surface area contributed by atoms with Crippen LogP contribution in [0.2, 0.25) is 0 Å². The van der Waals surface area contributed by atoms with Gasteiger partial charge in [-0.15, -0.1) is 0 Å². The molecule has 0 aliphatic carbocycles. The molecular weight excluding hydrogens is 228 g/mol. The Hall–Kier alpha value is -1.39. The molecule has 0 heterocycles. The molecule has 0 fully saturated rings. The van der Waals surface area contributed by atoms with E-state index in [-0.39, 0.29) is 0 Å². The van der Waals surface area contributed by atoms with Gasteiger partial charge >= 0.3 is 5.97 Å². The van der Waals surface area contributed by atoms with Crippen LogP contribution in [0.1, 0.15) is 19.4 Å². The molecule has 0 aromatic heterocycles. The maximum absolute atomic E-state index is 11.2. The normalized spacial score (nSPS) is 11.8. The second kappa shape index (κ2) is 6.52. The first-order chi connectivity index (χ1) is 8.45. The highest BCUT2D eigenvalue weighted by molar-refractivity contribution is 5.73. The fraction of sp³-hybridized carbons (Fsp3) is 0.500. The lowest BCUT2D eigenvalue weighted by molar-refractivity contribution is -0.148. The fourth-order valence-corrected chi connectivity index (χ4v) is 1.86. The first-order valence-electron chi connectivity index (χ1n) is 6.15. The minimum atomic E-state index is -0.780. The summed E-state index contributed by atoms with van der Waals surface area (Å²) in [5, 5.41) is 9.17. The summed E-state index contributed by atoms with van der Waals surface area (Å²) in [5.74, 6) is -0.780. The summed E-state index contributed by atoms with van der Waals surface area (Å²) in [6.07, 6.45) is 0. The highest BCUT2D eigenvalue weighted by Gasteiger charge is 2.29. The van der Waals surface area contributed by atoms with E-state index in [1.165, 1.54) is 5.56 Å². The molecule has 0 spiro atoms. The van der Waals surface area contributed by atoms with E-state index < -0.39 is 11.4 Å². The zero-order valence-electron chi connectivity index (χ0n) is 11.1. The molecule has 1 rings (SSSR count). The number of carboxylic acid groups (broad SMARTS) is 1. The topological polar surface area (TPSA) is 66.6 Å². The number of hydrogen-bond acceptors (Lipinski definition) is 3. The van der Waals surface area contributed by atoms with E-state index in [4.69, 9.17) is 10.8 Å². The number of nitrogens with zero attached hydrogens (tertiary/aromatic N) is 1. The average molecular weight is 250 g/mol. The van der Waals surface area contributed by atoms with E-state index in [9.17, 15) is 4.79 Å². The lowest BCUT2D eigenvalue weighted by atomic mass is 9.93. The van der Waals surface area contributed by atoms with E-state index in [0.717, 1.165) is 6.54 Å². The molecule has 3 N–H and O–H groups in total. The van der Waals surface area contributed by atoms with Crippen LogP contribution in [0.3, 0.4) is 0 Å². The van der Waals surface area contributed by atoms with E-state index in [2.05, 4.69) is 4.90 Å². The summed E-state index contributed by atoms with van der Waals surface area (Å²) >= 11 is 0. The quantitative estimate of drug-likeness (QED) is 0.770. The molecule has 18 heavy (non-hydrogen) atoms. The summed E-state index contributed by atoms with van der Waals surface area (Å²) < 4.78 is 0. The van der Waals surface area contributed by atoms with Gasteiger partial charge in [0.15, 0.2) is 0 Å². The highest BCUT2D eigenvalue weighted by atomic mass is 16.4. The Morgan fingerprint density at radius 2 is 1.94 bits per heavy atom. The molecule has 1 aromatic carbocycles. The maximum Gasteiger partial charge on any atom is 0.310 e. The molecule has 0 atom stereocenters. The number of nitrogens with two attached hydrogens (primary N) is 1. The van der Waals surface area contributed by atoms with Crippen molar-refractivity contribution in [2.24, 2.45) is 11.1 Å². The summed E-state index contributed by atoms with van der Waals surface area (Å²) in [4.78, 5) is 13.2. The molecule has 0 aliphatic rings. The molecule has 100 valence electrons. The van der Waals surface area contributed by atoms with E-state index in [0.29, 0.717) is 19.6 Å². The summed E-state index contributed by atoms with van der Waals surface area (Å²) in [7, 11) is 0. The Bertz CT molecular complexity index is 377. The van der Waals surface area contributed by atoms with E-state index >= 15 is 0 Å². The van der Waals surface area contributed by atoms with Crippen molar-refractivity contribution in [1.29, 1.82) is 0 Å². The highest BCUT2D eigenvalue weighted by Crippen LogP contribution is 2.18. The van der Waals surface area contributed by atoms with Gasteiger partial charge in [-0.25, -0.2) is 0 Å². The van der Waals surface area contributed by atoms with Gasteiger partial charge in [-0.1, -0.05) is 30.3 Å². The Balaban J connectivity index is 2.69. The molecule has 0 saturated carbocycles. The molecule has 0 unspecified atom stereocenters. The van der Waals surface area contributed by atoms with Gasteiger partial charge in [0.05, 0.1) is 5.41 Å². The SMILES string of the molecule is CC(C)(CN(CCN)Cc1ccccc1)C(=O)O. The minimum absolute atomic E-state index is 0.494. The van der Waals surface area contributed by atoms with E-state index in [1.807, 2.05) is 30.3 Å². The fourth-order valence-electron chi connectivity index (χ4n) is 1.86. The third kappa shape index (κ3) is 4.47. The summed E-state index contributed by atoms with van der Waals surface area (Å²) in [6, 6.07) is 10.0. The molecule has 0 bridgehead atoms. The number of hydrogen-bond donors (Lipinski definition) is 2. The van der Waals surface area contributed by atoms with Crippen molar-refractivity contribution >= 4 is 5.97 Å². The van der Waals surface area contributed by atoms with Crippen LogP contribution in [0.25, 0.3) is 0 Å². The summed E-state index contributed by atoms with van der Waals surface area (Å²) in [5.41, 5.74) is 6.00. The Kier molecular flexibility index (Phi) is 5.31. The standard InChI is InChI=1S/C14H22N2O2/c1-14(2,13(17)18)11-16(9-8-15)10-12-6-4-3-5-7-12/h3-7H,8-11,15H2,1-2H3,(H,17,18). The van der Waals surface area contributed by atoms with Crippen molar-refractivity contribution in [2.75, 3.05) is 19.6 Å². The van der Waals surface area contributed by atoms with Crippen molar-refractivity contribution in [3.05, 3.63) is 35.9 Å². The van der Waals surface area contributed by atoms with Crippen LogP contribution < -0.4 is 5.73 Å². The van der Waals surface area contributed by atoms with Crippen molar-refractivity contribution in [3.63, 3.8) is 0 Å². The van der Waals surface area contributed by atoms with Gasteiger partial charge in [-0.05, 0) is 19.4 Å². The first kappa shape index (κ1) is 14.7. The Labute approximate surface area is 108 Å². The lowest BCUT2D eigenvalue weighted by Gasteiger charge is -2.29. The number of rotatable bonds is 7. The third-order valence-electron chi connectivity index (χ3n) is 2.89. The lowest BCUT2D eigenvalue weighted by Crippen LogP contribution is -2.41. The number of carbonyl (C=O) groups is 1. The van der Waals surface area contributed by atoms with Crippen molar-refractivity contribution < 1.29 is 9.90 Å². The molecule has 4 nitrogen and oxygen atoms in total. The monoisotopic (exact) mass is 250 g/mol. The second-order valence-corrected chi connectivity index (χ2v) is 5.17. The smallest absolute Gasteiger partial charge is 0.310 e. The summed E-state index contributed by atoms with van der Waals surface area (Å²) in [6.45, 7) is 5.94. The van der Waals surface area contributed by atoms with Crippen molar-refractivity contribution in [3.8, 4) is 0 Å². The van der Waals surface area contributed by atoms with Gasteiger partial charge in [0.2, 0.25) is 0 Å². The van der Waals surface area contributed by atoms with Gasteiger partial charge in [0.25, 0.3) is 0 Å². The van der Waals surface area contributed by atoms with Crippen molar-refractivity contribution in [1.82, 2.24) is 4.90 Å². The van der Waals surface area contributed by atoms with Crippen LogP contribution in [0.4, 0.5) is 0 Å². The van der Waals surface area contributed by atoms with Crippen LogP contribution >= 0.6 is 0 Å². The zero-order valence-corrected chi connectivity index (χ0v) is 11.1. The molecule has 0 saturated heterocycles. The van der Waals surface area contributed by atoms with Crippen LogP contribution in [-0.4, -0.2) is 35.6 Å². The molecule has 0 amide bonds. The molecular formula is C14H22N2O2. The minimum Gasteiger partial charge on any atom is -0.481 e. The average Bonchev–Trinajstić information content (AvgIpc) is 2.30. The van der Waals surface area contributed by atoms with E-state index in [1.54, 1.807) is 13.8 Å². The van der Waals surface area contributed by atoms with Crippen LogP contribution in [0.15, 0.2) is 30.3 Å². The van der Waals surface area contributed by atoms with Gasteiger partial charge < -0.3 is 10.8 Å². The van der Waals surface area contributed by atoms with Crippen LogP contribution in [0, 0.1) is 5.41 Å². The molecule has 1 aromatic rings. The maximum atomic E-state index is 11.2. The Morgan fingerprint density at radius 3 is 2.44 bits per heavy atom. The van der Waals surface area contributed by atoms with Crippen molar-refractivity contribution in [2.45, 2.75) is 20.4 Å². The number of benzene rings is 1. The van der Waals surface area contributed by atoms with Gasteiger partial charge in [-0.3, -0.25) is 9.69 Å². The predicted molar refractivity (Wildman–Crippen MR) is 72.2 cm³/mol. The van der Waals surface area contributed by atoms with Crippen LogP contribution in [-0.2, 0) is 11.3 Å². The number of aliphatic carboxylic acids is 1. The predicted octanol–water partition coefficient (Wildman–Crippen LogP) is 1.56.